The van der Waals surface area contributed by atoms with Gasteiger partial charge in [0.15, 0.2) is 0 Å². The normalized spacial score (nSPS) is 16.4. The first-order valence-electron chi connectivity index (χ1n) is 10.7. The second-order valence-corrected chi connectivity index (χ2v) is 10.3. The molecule has 0 radical (unpaired) electrons. The van der Waals surface area contributed by atoms with Gasteiger partial charge in [0, 0.05) is 24.3 Å². The molecule has 1 atom stereocenters. The van der Waals surface area contributed by atoms with E-state index in [4.69, 9.17) is 4.98 Å². The molecule has 0 saturated heterocycles. The number of nitrogens with zero attached hydrogens (tertiary/aromatic N) is 1. The van der Waals surface area contributed by atoms with Crippen LogP contribution in [0.4, 0.5) is 0 Å². The highest BCUT2D eigenvalue weighted by Crippen LogP contribution is 2.41. The highest BCUT2D eigenvalue weighted by atomic mass is 32.1. The standard InChI is InChI=1S/C24H29N3O2S/c1-24(2,3)16-9-10-17-18(13-16)30-23-21(17)22(29)26-19(27-23)11-12-20(28)25-14-15-7-5-4-6-8-15/h4-8,16H,9-14H2,1-3H3,(H,25,28)(H,26,27,29)/t16-/m1/s1. The lowest BCUT2D eigenvalue weighted by molar-refractivity contribution is -0.121. The molecular weight excluding hydrogens is 394 g/mol. The number of rotatable bonds is 5. The zero-order valence-corrected chi connectivity index (χ0v) is 18.7. The van der Waals surface area contributed by atoms with Crippen molar-refractivity contribution in [2.75, 3.05) is 0 Å². The lowest BCUT2D eigenvalue weighted by Gasteiger charge is -2.33. The Bertz CT molecular complexity index is 1110. The molecular formula is C24H29N3O2S. The number of amides is 1. The SMILES string of the molecule is CC(C)(C)[C@@H]1CCc2c(sc3nc(CCC(=O)NCc4ccccc4)[nH]c(=O)c23)C1. The Balaban J connectivity index is 1.45. The highest BCUT2D eigenvalue weighted by Gasteiger charge is 2.31. The average molecular weight is 424 g/mol. The Morgan fingerprint density at radius 3 is 2.77 bits per heavy atom. The first-order chi connectivity index (χ1) is 14.3. The number of nitrogens with one attached hydrogen (secondary N) is 2. The van der Waals surface area contributed by atoms with Crippen LogP contribution in [0.1, 0.15) is 55.4 Å². The van der Waals surface area contributed by atoms with E-state index < -0.39 is 0 Å². The number of H-pyrrole nitrogens is 1. The summed E-state index contributed by atoms with van der Waals surface area (Å²) < 4.78 is 0. The van der Waals surface area contributed by atoms with Gasteiger partial charge in [0.1, 0.15) is 10.7 Å². The number of thiophene rings is 1. The molecule has 30 heavy (non-hydrogen) atoms. The molecule has 1 amide bonds. The van der Waals surface area contributed by atoms with E-state index >= 15 is 0 Å². The van der Waals surface area contributed by atoms with Crippen LogP contribution in [0.3, 0.4) is 0 Å². The van der Waals surface area contributed by atoms with Crippen molar-refractivity contribution in [2.45, 2.75) is 59.4 Å². The van der Waals surface area contributed by atoms with Crippen LogP contribution in [0.5, 0.6) is 0 Å². The Kier molecular flexibility index (Phi) is 5.78. The van der Waals surface area contributed by atoms with E-state index in [0.29, 0.717) is 31.1 Å². The monoisotopic (exact) mass is 423 g/mol. The number of fused-ring (bicyclic) bond motifs is 3. The molecule has 6 heteroatoms. The summed E-state index contributed by atoms with van der Waals surface area (Å²) >= 11 is 1.66. The van der Waals surface area contributed by atoms with Gasteiger partial charge in [-0.05, 0) is 41.7 Å². The van der Waals surface area contributed by atoms with Crippen LogP contribution in [0, 0.1) is 11.3 Å². The van der Waals surface area contributed by atoms with E-state index in [0.717, 1.165) is 35.0 Å². The van der Waals surface area contributed by atoms with Crippen molar-refractivity contribution in [3.05, 3.63) is 62.5 Å². The lowest BCUT2D eigenvalue weighted by atomic mass is 9.72. The van der Waals surface area contributed by atoms with Gasteiger partial charge in [0.2, 0.25) is 5.91 Å². The molecule has 158 valence electrons. The van der Waals surface area contributed by atoms with Crippen molar-refractivity contribution in [2.24, 2.45) is 11.3 Å². The van der Waals surface area contributed by atoms with E-state index in [1.807, 2.05) is 30.3 Å². The first-order valence-corrected chi connectivity index (χ1v) is 11.5. The summed E-state index contributed by atoms with van der Waals surface area (Å²) in [5, 5.41) is 3.69. The van der Waals surface area contributed by atoms with E-state index in [1.54, 1.807) is 11.3 Å². The Hall–Kier alpha value is -2.47. The lowest BCUT2D eigenvalue weighted by Crippen LogP contribution is -2.26. The molecule has 4 rings (SSSR count). The molecule has 2 heterocycles. The number of hydrogen-bond donors (Lipinski definition) is 2. The fourth-order valence-corrected chi connectivity index (χ4v) is 5.52. The molecule has 1 aliphatic rings. The largest absolute Gasteiger partial charge is 0.352 e. The van der Waals surface area contributed by atoms with E-state index in [2.05, 4.69) is 31.1 Å². The minimum atomic E-state index is -0.0635. The van der Waals surface area contributed by atoms with Crippen molar-refractivity contribution in [3.63, 3.8) is 0 Å². The molecule has 0 unspecified atom stereocenters. The summed E-state index contributed by atoms with van der Waals surface area (Å²) in [6.45, 7) is 7.39. The van der Waals surface area contributed by atoms with E-state index in [-0.39, 0.29) is 16.9 Å². The van der Waals surface area contributed by atoms with Crippen molar-refractivity contribution in [3.8, 4) is 0 Å². The number of benzene rings is 1. The molecule has 1 aromatic carbocycles. The zero-order chi connectivity index (χ0) is 21.3. The smallest absolute Gasteiger partial charge is 0.259 e. The molecule has 1 aliphatic carbocycles. The summed E-state index contributed by atoms with van der Waals surface area (Å²) in [7, 11) is 0. The molecule has 5 nitrogen and oxygen atoms in total. The van der Waals surface area contributed by atoms with Crippen LogP contribution in [0.25, 0.3) is 10.2 Å². The third-order valence-electron chi connectivity index (χ3n) is 6.11. The van der Waals surface area contributed by atoms with Gasteiger partial charge in [-0.15, -0.1) is 11.3 Å². The van der Waals surface area contributed by atoms with Gasteiger partial charge in [-0.25, -0.2) is 4.98 Å². The van der Waals surface area contributed by atoms with E-state index in [1.165, 1.54) is 10.4 Å². The van der Waals surface area contributed by atoms with Crippen LogP contribution in [-0.2, 0) is 30.6 Å². The Labute approximate surface area is 180 Å². The number of hydrogen-bond acceptors (Lipinski definition) is 4. The van der Waals surface area contributed by atoms with Crippen LogP contribution in [0.15, 0.2) is 35.1 Å². The number of aromatic amines is 1. The molecule has 0 saturated carbocycles. The summed E-state index contributed by atoms with van der Waals surface area (Å²) in [6, 6.07) is 9.83. The number of carbonyl (C=O) groups is 1. The zero-order valence-electron chi connectivity index (χ0n) is 17.9. The highest BCUT2D eigenvalue weighted by molar-refractivity contribution is 7.18. The predicted octanol–water partition coefficient (Wildman–Crippen LogP) is 4.38. The van der Waals surface area contributed by atoms with Gasteiger partial charge in [0.05, 0.1) is 5.39 Å². The van der Waals surface area contributed by atoms with Crippen molar-refractivity contribution < 1.29 is 4.79 Å². The predicted molar refractivity (Wildman–Crippen MR) is 122 cm³/mol. The summed E-state index contributed by atoms with van der Waals surface area (Å²) in [5.41, 5.74) is 2.46. The summed E-state index contributed by atoms with van der Waals surface area (Å²) in [5.74, 6) is 1.18. The number of aromatic nitrogens is 2. The quantitative estimate of drug-likeness (QED) is 0.639. The minimum Gasteiger partial charge on any atom is -0.352 e. The van der Waals surface area contributed by atoms with E-state index in [9.17, 15) is 9.59 Å². The van der Waals surface area contributed by atoms with Crippen LogP contribution >= 0.6 is 11.3 Å². The fraction of sp³-hybridized carbons (Fsp3) is 0.458. The maximum atomic E-state index is 12.8. The third kappa shape index (κ3) is 4.48. The van der Waals surface area contributed by atoms with Crippen molar-refractivity contribution in [1.82, 2.24) is 15.3 Å². The Morgan fingerprint density at radius 2 is 2.03 bits per heavy atom. The minimum absolute atomic E-state index is 0.0416. The van der Waals surface area contributed by atoms with Crippen molar-refractivity contribution >= 4 is 27.5 Å². The first kappa shape index (κ1) is 20.8. The summed E-state index contributed by atoms with van der Waals surface area (Å²) in [4.78, 5) is 34.7. The molecule has 0 bridgehead atoms. The topological polar surface area (TPSA) is 74.8 Å². The maximum Gasteiger partial charge on any atom is 0.259 e. The van der Waals surface area contributed by atoms with Gasteiger partial charge in [-0.2, -0.15) is 0 Å². The maximum absolute atomic E-state index is 12.8. The molecule has 0 aliphatic heterocycles. The molecule has 3 aromatic rings. The number of aryl methyl sites for hydroxylation is 2. The molecule has 0 spiro atoms. The van der Waals surface area contributed by atoms with Crippen LogP contribution in [0.2, 0.25) is 0 Å². The van der Waals surface area contributed by atoms with Gasteiger partial charge < -0.3 is 10.3 Å². The van der Waals surface area contributed by atoms with Gasteiger partial charge >= 0.3 is 0 Å². The molecule has 2 aromatic heterocycles. The molecule has 2 N–H and O–H groups in total. The second-order valence-electron chi connectivity index (χ2n) is 9.26. The number of carbonyl (C=O) groups excluding carboxylic acids is 1. The van der Waals surface area contributed by atoms with Gasteiger partial charge in [0.25, 0.3) is 5.56 Å². The van der Waals surface area contributed by atoms with Crippen LogP contribution in [-0.4, -0.2) is 15.9 Å². The van der Waals surface area contributed by atoms with Crippen LogP contribution < -0.4 is 10.9 Å². The van der Waals surface area contributed by atoms with Gasteiger partial charge in [-0.3, -0.25) is 9.59 Å². The van der Waals surface area contributed by atoms with Gasteiger partial charge in [-0.1, -0.05) is 51.1 Å². The van der Waals surface area contributed by atoms with Crippen molar-refractivity contribution in [1.29, 1.82) is 0 Å². The fourth-order valence-electron chi connectivity index (χ4n) is 4.20. The third-order valence-corrected chi connectivity index (χ3v) is 7.26. The second kappa shape index (κ2) is 8.34. The average Bonchev–Trinajstić information content (AvgIpc) is 3.09. The molecule has 0 fully saturated rings. The Morgan fingerprint density at radius 1 is 1.27 bits per heavy atom. The summed E-state index contributed by atoms with van der Waals surface area (Å²) in [6.07, 6.45) is 3.82.